The van der Waals surface area contributed by atoms with Gasteiger partial charge in [-0.3, -0.25) is 0 Å². The Labute approximate surface area is 390 Å². The number of fused-ring (bicyclic) bond motifs is 8. The van der Waals surface area contributed by atoms with Gasteiger partial charge in [-0.05, 0) is 33.4 Å². The number of hydrogen-bond acceptors (Lipinski definition) is 11. The third kappa shape index (κ3) is 7.96. The normalized spacial score (nSPS) is 34.0. The van der Waals surface area contributed by atoms with E-state index in [-0.39, 0.29) is 0 Å². The minimum atomic E-state index is -0.802. The average Bonchev–Trinajstić information content (AvgIpc) is 3.78. The molecule has 0 bridgehead atoms. The molecule has 344 valence electrons. The molecule has 0 aromatic heterocycles. The summed E-state index contributed by atoms with van der Waals surface area (Å²) in [4.78, 5) is 0. The Kier molecular flexibility index (Phi) is 12.1. The summed E-state index contributed by atoms with van der Waals surface area (Å²) in [6, 6.07) is 57.4. The lowest BCUT2D eigenvalue weighted by Crippen LogP contribution is -2.65. The molecular formula is C56H54O11. The molecule has 11 heteroatoms. The molecule has 0 saturated carbocycles. The van der Waals surface area contributed by atoms with E-state index in [0.29, 0.717) is 33.0 Å². The van der Waals surface area contributed by atoms with E-state index < -0.39 is 85.3 Å². The molecule has 6 aromatic carbocycles. The van der Waals surface area contributed by atoms with Gasteiger partial charge in [0, 0.05) is 18.2 Å². The van der Waals surface area contributed by atoms with Crippen LogP contribution in [0, 0.1) is 0 Å². The lowest BCUT2D eigenvalue weighted by atomic mass is 9.62. The second kappa shape index (κ2) is 18.8. The average molecular weight is 903 g/mol. The first-order valence-corrected chi connectivity index (χ1v) is 23.4. The zero-order valence-electron chi connectivity index (χ0n) is 37.2. The van der Waals surface area contributed by atoms with E-state index in [1.807, 2.05) is 97.1 Å². The smallest absolute Gasteiger partial charge is 0.186 e. The number of methoxy groups -OCH3 is 1. The minimum Gasteiger partial charge on any atom is -0.371 e. The van der Waals surface area contributed by atoms with Crippen molar-refractivity contribution in [2.45, 2.75) is 98.5 Å². The molecule has 5 heterocycles. The molecule has 0 radical (unpaired) electrons. The zero-order chi connectivity index (χ0) is 44.7. The highest BCUT2D eigenvalue weighted by atomic mass is 16.8. The molecule has 5 aliphatic heterocycles. The van der Waals surface area contributed by atoms with Crippen molar-refractivity contribution in [1.82, 2.24) is 0 Å². The Morgan fingerprint density at radius 2 is 0.955 bits per heavy atom. The maximum absolute atomic E-state index is 7.52. The van der Waals surface area contributed by atoms with Gasteiger partial charge in [0.15, 0.2) is 18.9 Å². The largest absolute Gasteiger partial charge is 0.371 e. The number of benzene rings is 6. The van der Waals surface area contributed by atoms with Crippen molar-refractivity contribution in [3.05, 3.63) is 214 Å². The fourth-order valence-electron chi connectivity index (χ4n) is 11.2. The quantitative estimate of drug-likeness (QED) is 0.125. The van der Waals surface area contributed by atoms with Gasteiger partial charge in [0.25, 0.3) is 0 Å². The van der Waals surface area contributed by atoms with Gasteiger partial charge in [0.05, 0.1) is 38.4 Å². The van der Waals surface area contributed by atoms with Crippen LogP contribution in [-0.4, -0.2) is 88.2 Å². The summed E-state index contributed by atoms with van der Waals surface area (Å²) in [7, 11) is 1.64. The number of hydrogen-bond donors (Lipinski definition) is 0. The highest BCUT2D eigenvalue weighted by Gasteiger charge is 2.65. The molecule has 12 atom stereocenters. The van der Waals surface area contributed by atoms with E-state index in [9.17, 15) is 0 Å². The van der Waals surface area contributed by atoms with E-state index in [2.05, 4.69) is 72.8 Å². The highest BCUT2D eigenvalue weighted by molar-refractivity contribution is 5.58. The van der Waals surface area contributed by atoms with Crippen molar-refractivity contribution in [2.24, 2.45) is 0 Å². The van der Waals surface area contributed by atoms with Crippen LogP contribution in [0.15, 0.2) is 170 Å². The van der Waals surface area contributed by atoms with Crippen LogP contribution in [0.1, 0.15) is 63.2 Å². The maximum Gasteiger partial charge on any atom is 0.186 e. The Morgan fingerprint density at radius 3 is 1.51 bits per heavy atom. The minimum absolute atomic E-state index is 0.295. The van der Waals surface area contributed by atoms with Crippen LogP contribution in [0.4, 0.5) is 0 Å². The summed E-state index contributed by atoms with van der Waals surface area (Å²) in [6.45, 7) is 1.70. The second-order valence-electron chi connectivity index (χ2n) is 18.2. The Hall–Kier alpha value is -5.12. The summed E-state index contributed by atoms with van der Waals surface area (Å²) >= 11 is 0. The van der Waals surface area contributed by atoms with Gasteiger partial charge in [-0.1, -0.05) is 170 Å². The van der Waals surface area contributed by atoms with Gasteiger partial charge in [0.1, 0.15) is 61.0 Å². The third-order valence-corrected chi connectivity index (χ3v) is 14.3. The summed E-state index contributed by atoms with van der Waals surface area (Å²) in [5.41, 5.74) is 7.31. The molecule has 12 rings (SSSR count). The predicted octanol–water partition coefficient (Wildman–Crippen LogP) is 8.70. The first-order valence-electron chi connectivity index (χ1n) is 23.4. The van der Waals surface area contributed by atoms with Gasteiger partial charge in [-0.2, -0.15) is 0 Å². The predicted molar refractivity (Wildman–Crippen MR) is 245 cm³/mol. The molecule has 0 unspecified atom stereocenters. The Bertz CT molecular complexity index is 2540. The lowest BCUT2D eigenvalue weighted by Gasteiger charge is -2.52. The monoisotopic (exact) mass is 902 g/mol. The van der Waals surface area contributed by atoms with Crippen molar-refractivity contribution >= 4 is 0 Å². The van der Waals surface area contributed by atoms with Gasteiger partial charge in [0.2, 0.25) is 0 Å². The number of ether oxygens (including phenoxy) is 11. The van der Waals surface area contributed by atoms with Crippen LogP contribution in [0.25, 0.3) is 0 Å². The van der Waals surface area contributed by atoms with E-state index in [1.165, 1.54) is 0 Å². The molecule has 1 spiro atoms. The zero-order valence-corrected chi connectivity index (χ0v) is 37.2. The van der Waals surface area contributed by atoms with E-state index in [1.54, 1.807) is 7.11 Å². The van der Waals surface area contributed by atoms with Crippen molar-refractivity contribution in [3.8, 4) is 0 Å². The fraction of sp³-hybridized carbons (Fsp3) is 0.357. The van der Waals surface area contributed by atoms with Crippen molar-refractivity contribution in [2.75, 3.05) is 26.9 Å². The van der Waals surface area contributed by atoms with Crippen LogP contribution in [0.3, 0.4) is 0 Å². The third-order valence-electron chi connectivity index (χ3n) is 14.3. The van der Waals surface area contributed by atoms with Crippen LogP contribution < -0.4 is 0 Å². The molecule has 0 amide bonds. The van der Waals surface area contributed by atoms with Gasteiger partial charge in [-0.25, -0.2) is 0 Å². The first kappa shape index (κ1) is 43.2. The maximum atomic E-state index is 7.52. The summed E-state index contributed by atoms with van der Waals surface area (Å²) in [5.74, 6) is 0. The lowest BCUT2D eigenvalue weighted by molar-refractivity contribution is -0.371. The molecule has 67 heavy (non-hydrogen) atoms. The highest BCUT2D eigenvalue weighted by Crippen LogP contribution is 2.57. The van der Waals surface area contributed by atoms with Crippen LogP contribution in [-0.2, 0) is 70.7 Å². The van der Waals surface area contributed by atoms with E-state index in [0.717, 1.165) is 44.5 Å². The molecule has 6 aliphatic rings. The topological polar surface area (TPSA) is 102 Å². The summed E-state index contributed by atoms with van der Waals surface area (Å²) in [5, 5.41) is 0. The summed E-state index contributed by atoms with van der Waals surface area (Å²) in [6.07, 6.45) is -7.16. The van der Waals surface area contributed by atoms with Crippen LogP contribution >= 0.6 is 0 Å². The second-order valence-corrected chi connectivity index (χ2v) is 18.2. The number of rotatable bonds is 11. The Balaban J connectivity index is 0.903. The van der Waals surface area contributed by atoms with Gasteiger partial charge in [-0.15, -0.1) is 0 Å². The molecule has 0 N–H and O–H groups in total. The van der Waals surface area contributed by atoms with E-state index in [4.69, 9.17) is 52.1 Å². The summed E-state index contributed by atoms with van der Waals surface area (Å²) < 4.78 is 75.1. The van der Waals surface area contributed by atoms with Crippen molar-refractivity contribution < 1.29 is 52.1 Å². The Morgan fingerprint density at radius 1 is 0.478 bits per heavy atom. The molecule has 5 fully saturated rings. The van der Waals surface area contributed by atoms with E-state index >= 15 is 0 Å². The SMILES string of the molecule is CO[C@@H]1O[C@@H]2CO[C@@H](c3ccccc3)O[C@H]2[C@H](OCc2ccccc2)[C@H]1OC1c2ccccc2C2(CO[C@@H]3[C@@H](OCc4ccccc4)[C@@H]4O[C@H](c5ccccc5)OC[C@H]4O[C@@H]32)c2ccccc21. The molecular weight excluding hydrogens is 849 g/mol. The van der Waals surface area contributed by atoms with Crippen molar-refractivity contribution in [3.63, 3.8) is 0 Å². The molecule has 11 nitrogen and oxygen atoms in total. The molecule has 1 aliphatic carbocycles. The molecule has 6 aromatic rings. The van der Waals surface area contributed by atoms with Crippen molar-refractivity contribution in [1.29, 1.82) is 0 Å². The standard InChI is InChI=1S/C56H54O11/c1-57-55-51(49(59-31-36-20-8-3-9-21-36)47-44(64-55)33-61-54(67-47)38-24-12-5-13-25-38)65-45-39-26-14-16-28-41(39)56(42-29-17-15-27-40(42)45)34-62-50-48(58-30-35-18-6-2-7-19-35)46-43(63-52(50)56)32-60-53(66-46)37-22-10-4-11-23-37/h2-29,43-55H,30-34H2,1H3/t43-,44-,45?,46-,47-,48+,49+,50-,51-,52+,53-,54-,55-,56?/m1/s1. The van der Waals surface area contributed by atoms with Crippen LogP contribution in [0.5, 0.6) is 0 Å². The van der Waals surface area contributed by atoms with Crippen LogP contribution in [0.2, 0.25) is 0 Å². The first-order chi connectivity index (χ1) is 33.2. The fourth-order valence-corrected chi connectivity index (χ4v) is 11.2. The van der Waals surface area contributed by atoms with Gasteiger partial charge >= 0.3 is 0 Å². The van der Waals surface area contributed by atoms with Gasteiger partial charge < -0.3 is 52.1 Å². The molecule has 5 saturated heterocycles.